The molecule has 0 saturated carbocycles. The van der Waals surface area contributed by atoms with Crippen molar-refractivity contribution in [2.75, 3.05) is 129 Å². The molecule has 8 aliphatic heterocycles. The summed E-state index contributed by atoms with van der Waals surface area (Å²) in [6, 6.07) is 27.4. The second-order valence-corrected chi connectivity index (χ2v) is 44.1. The third kappa shape index (κ3) is 34.0. The van der Waals surface area contributed by atoms with E-state index in [1.165, 1.54) is 70.6 Å². The van der Waals surface area contributed by atoms with Gasteiger partial charge in [-0.1, -0.05) is 30.3 Å². The average Bonchev–Trinajstić information content (AvgIpc) is 0.829. The van der Waals surface area contributed by atoms with Crippen molar-refractivity contribution in [2.45, 2.75) is 182 Å². The molecule has 3 amide bonds. The zero-order chi connectivity index (χ0) is 89.5. The number of phenolic OH excluding ortho intramolecular Hbond substituents is 2. The summed E-state index contributed by atoms with van der Waals surface area (Å²) in [5.41, 5.74) is 10.8. The first-order valence-electron chi connectivity index (χ1n) is 41.5. The van der Waals surface area contributed by atoms with E-state index in [2.05, 4.69) is 5.32 Å². The summed E-state index contributed by atoms with van der Waals surface area (Å²) in [6.07, 6.45) is 17.9. The maximum absolute atomic E-state index is 11.9. The van der Waals surface area contributed by atoms with Gasteiger partial charge in [0.1, 0.15) is 28.7 Å². The highest BCUT2D eigenvalue weighted by molar-refractivity contribution is 7.89. The molecule has 13 rings (SSSR count). The molecule has 0 bridgehead atoms. The van der Waals surface area contributed by atoms with Gasteiger partial charge in [-0.3, -0.25) is 4.18 Å². The molecule has 3 saturated heterocycles. The van der Waals surface area contributed by atoms with Crippen molar-refractivity contribution in [3.63, 3.8) is 0 Å². The average molecular weight is 1820 g/mol. The number of carbonyl (C=O) groups excluding carboxylic acids is 3. The number of sulfonamides is 4. The number of amides is 3. The summed E-state index contributed by atoms with van der Waals surface area (Å²) >= 11 is 0. The summed E-state index contributed by atoms with van der Waals surface area (Å²) in [6.45, 7) is 22.4. The van der Waals surface area contributed by atoms with E-state index in [4.69, 9.17) is 37.2 Å². The van der Waals surface area contributed by atoms with Crippen LogP contribution in [-0.2, 0) is 144 Å². The Balaban J connectivity index is 0.000000187. The van der Waals surface area contributed by atoms with Gasteiger partial charge in [0.25, 0.3) is 10.1 Å². The first kappa shape index (κ1) is 99.8. The van der Waals surface area contributed by atoms with Crippen LogP contribution in [0.4, 0.5) is 14.4 Å². The number of rotatable bonds is 21. The minimum Gasteiger partial charge on any atom is -0.508 e. The minimum absolute atomic E-state index is 0.0836. The molecule has 5 aromatic carbocycles. The van der Waals surface area contributed by atoms with Gasteiger partial charge in [-0.2, -0.15) is 34.1 Å². The number of likely N-dealkylation sites (tertiary alicyclic amines) is 3. The molecular formula is C84H126N8O24S6. The molecule has 0 aromatic heterocycles. The predicted molar refractivity (Wildman–Crippen MR) is 466 cm³/mol. The van der Waals surface area contributed by atoms with Crippen LogP contribution in [0.15, 0.2) is 91.0 Å². The first-order valence-corrected chi connectivity index (χ1v) is 52.6. The van der Waals surface area contributed by atoms with Gasteiger partial charge in [0.15, 0.2) is 0 Å². The first-order chi connectivity index (χ1) is 57.2. The Bertz CT molecular complexity index is 4900. The number of nitrogens with one attached hydrogen (secondary N) is 1. The molecule has 5 aromatic rings. The predicted octanol–water partition coefficient (Wildman–Crippen LogP) is 9.76. The topological polar surface area (TPSA) is 396 Å². The summed E-state index contributed by atoms with van der Waals surface area (Å²) < 4.78 is 179. The molecule has 3 N–H and O–H groups in total. The number of phenols is 2. The lowest BCUT2D eigenvalue weighted by Gasteiger charge is -2.31. The number of benzene rings is 5. The van der Waals surface area contributed by atoms with Crippen molar-refractivity contribution < 1.29 is 107 Å². The highest BCUT2D eigenvalue weighted by Crippen LogP contribution is 2.32. The number of hydrogen-bond acceptors (Lipinski definition) is 25. The molecule has 32 nitrogen and oxygen atoms in total. The third-order valence-electron chi connectivity index (χ3n) is 21.9. The smallest absolute Gasteiger partial charge is 0.410 e. The molecule has 0 unspecified atom stereocenters. The van der Waals surface area contributed by atoms with Gasteiger partial charge in [0.05, 0.1) is 75.7 Å². The Labute approximate surface area is 723 Å². The van der Waals surface area contributed by atoms with Crippen LogP contribution in [0.25, 0.3) is 0 Å². The summed E-state index contributed by atoms with van der Waals surface area (Å²) in [7, 11) is -19.5. The molecule has 38 heteroatoms. The number of nitrogens with zero attached hydrogens (tertiary/aromatic N) is 7. The van der Waals surface area contributed by atoms with Crippen molar-refractivity contribution >= 4 is 78.6 Å². The number of hydrogen-bond donors (Lipinski definition) is 3. The summed E-state index contributed by atoms with van der Waals surface area (Å²) in [5, 5.41) is 21.7. The Kier molecular flexibility index (Phi) is 37.2. The van der Waals surface area contributed by atoms with Crippen molar-refractivity contribution in [1.29, 1.82) is 0 Å². The van der Waals surface area contributed by atoms with Gasteiger partial charge < -0.3 is 58.1 Å². The van der Waals surface area contributed by atoms with Gasteiger partial charge in [0.2, 0.25) is 40.1 Å². The number of ether oxygens (including phenoxy) is 5. The standard InChI is InChI=1S/2C21H32N2O5S.C12H23NO5S.C11H15NO5S2.C10H13NO3S.C9H11NO/c2*1-16(2)28-21(24)22-10-6-17(7-11-22)9-13-27-20-5-4-19-15-23(29(3,25)26)12-8-18(19)14-20;1-10(2)18-12(14)13-7-4-11(5-8-13)6-9-17-19(3,15)16;1-18(13,14)12-6-5-9-7-11(17-19(2,15)16)4-3-10(9)8-12;1-15(13,14)11-5-4-8-6-10(12)3-2-9(8)7-11;11-9-2-1-8-6-10-4-3-7(8)5-9/h2*4-5,14,16-17H,6-13,15H2,1-3H3;10-11H,4-9H2,1-3H3;3-4,7H,5-6,8H2,1-2H3;2-3,6,12H,4-5,7H2,1H3;1-2,5,10-11H,3-4,6H2. The lowest BCUT2D eigenvalue weighted by Crippen LogP contribution is -2.39. The van der Waals surface area contributed by atoms with Crippen LogP contribution >= 0.6 is 0 Å². The molecule has 0 aliphatic carbocycles. The Morgan fingerprint density at radius 3 is 0.959 bits per heavy atom. The Morgan fingerprint density at radius 1 is 0.361 bits per heavy atom. The Morgan fingerprint density at radius 2 is 0.648 bits per heavy atom. The maximum Gasteiger partial charge on any atom is 0.410 e. The zero-order valence-electron chi connectivity index (χ0n) is 72.4. The van der Waals surface area contributed by atoms with Crippen molar-refractivity contribution in [2.24, 2.45) is 17.8 Å². The van der Waals surface area contributed by atoms with E-state index in [0.717, 1.165) is 154 Å². The van der Waals surface area contributed by atoms with Crippen molar-refractivity contribution in [3.8, 4) is 28.7 Å². The third-order valence-corrected chi connectivity index (χ3v) is 28.0. The van der Waals surface area contributed by atoms with Crippen LogP contribution < -0.4 is 19.0 Å². The monoisotopic (exact) mass is 1820 g/mol. The zero-order valence-corrected chi connectivity index (χ0v) is 77.3. The quantitative estimate of drug-likeness (QED) is 0.0454. The lowest BCUT2D eigenvalue weighted by atomic mass is 9.94. The second kappa shape index (κ2) is 45.5. The summed E-state index contributed by atoms with van der Waals surface area (Å²) in [5.74, 6) is 4.08. The largest absolute Gasteiger partial charge is 0.508 e. The van der Waals surface area contributed by atoms with E-state index in [-0.39, 0.29) is 54.7 Å². The van der Waals surface area contributed by atoms with Crippen molar-refractivity contribution in [3.05, 3.63) is 147 Å². The highest BCUT2D eigenvalue weighted by atomic mass is 32.2. The lowest BCUT2D eigenvalue weighted by molar-refractivity contribution is 0.0628. The molecular weight excluding hydrogens is 1700 g/mol. The minimum atomic E-state index is -3.54. The molecule has 122 heavy (non-hydrogen) atoms. The summed E-state index contributed by atoms with van der Waals surface area (Å²) in [4.78, 5) is 40.8. The fourth-order valence-electron chi connectivity index (χ4n) is 15.1. The van der Waals surface area contributed by atoms with Gasteiger partial charge in [-0.25, -0.2) is 48.1 Å². The fraction of sp³-hybridized carbons (Fsp3) is 0.607. The SMILES string of the molecule is CC(C)OC(=O)N1CCC(CCOS(C)(=O)=O)CC1.CC(C)OC(=O)N1CCC(CCOc2ccc3c(c2)CCN(S(C)(=O)=O)C3)CC1.CC(C)OC(=O)N1CCC(CCOc2ccc3c(c2)CCN(S(C)(=O)=O)C3)CC1.CS(=O)(=O)N1CCc2cc(O)ccc2C1.CS(=O)(=O)Oc1ccc2c(c1)CCN(S(C)(=O)=O)C2.Oc1ccc2c(c1)CCNC2. The molecule has 8 aliphatic rings. The van der Waals surface area contributed by atoms with E-state index < -0.39 is 60.3 Å². The van der Waals surface area contributed by atoms with Crippen LogP contribution in [0, 0.1) is 17.8 Å². The molecule has 0 atom stereocenters. The van der Waals surface area contributed by atoms with Gasteiger partial charge in [0, 0.05) is 98.2 Å². The van der Waals surface area contributed by atoms with E-state index in [1.807, 2.05) is 90.1 Å². The van der Waals surface area contributed by atoms with Gasteiger partial charge >= 0.3 is 28.4 Å². The van der Waals surface area contributed by atoms with Crippen LogP contribution in [0.3, 0.4) is 0 Å². The fourth-order valence-corrected chi connectivity index (χ4v) is 19.2. The highest BCUT2D eigenvalue weighted by Gasteiger charge is 2.32. The van der Waals surface area contributed by atoms with Gasteiger partial charge in [-0.15, -0.1) is 0 Å². The molecule has 3 fully saturated rings. The van der Waals surface area contributed by atoms with Crippen LogP contribution in [-0.4, -0.2) is 259 Å². The number of aromatic hydroxyl groups is 2. The molecule has 682 valence electrons. The van der Waals surface area contributed by atoms with Gasteiger partial charge in [-0.05, 0) is 272 Å². The number of piperidine rings is 3. The van der Waals surface area contributed by atoms with E-state index in [0.29, 0.717) is 134 Å². The molecule has 8 heterocycles. The second-order valence-electron chi connectivity index (χ2n) is 33.0. The normalized spacial score (nSPS) is 17.8. The Hall–Kier alpha value is -7.63. The number of carbonyl (C=O) groups is 3. The number of fused-ring (bicyclic) bond motifs is 5. The van der Waals surface area contributed by atoms with Crippen LogP contribution in [0.2, 0.25) is 0 Å². The van der Waals surface area contributed by atoms with E-state index >= 15 is 0 Å². The van der Waals surface area contributed by atoms with E-state index in [9.17, 15) is 70.0 Å². The molecule has 0 radical (unpaired) electrons. The van der Waals surface area contributed by atoms with Crippen LogP contribution in [0.1, 0.15) is 155 Å². The van der Waals surface area contributed by atoms with Crippen molar-refractivity contribution in [1.82, 2.24) is 37.2 Å². The van der Waals surface area contributed by atoms with Crippen LogP contribution in [0.5, 0.6) is 28.7 Å². The maximum atomic E-state index is 11.9. The molecule has 0 spiro atoms. The van der Waals surface area contributed by atoms with E-state index in [1.54, 1.807) is 51.1 Å².